The molecule has 0 fully saturated rings. The summed E-state index contributed by atoms with van der Waals surface area (Å²) in [6.07, 6.45) is -0.847. The van der Waals surface area contributed by atoms with Crippen molar-refractivity contribution < 1.29 is 14.3 Å². The third-order valence-corrected chi connectivity index (χ3v) is 4.03. The number of hydrogen-bond donors (Lipinski definition) is 2. The van der Waals surface area contributed by atoms with Crippen LogP contribution in [0.2, 0.25) is 0 Å². The van der Waals surface area contributed by atoms with Crippen LogP contribution in [0.5, 0.6) is 0 Å². The molecule has 0 aliphatic heterocycles. The normalized spacial score (nSPS) is 12.2. The second-order valence-electron chi connectivity index (χ2n) is 5.85. The summed E-state index contributed by atoms with van der Waals surface area (Å²) in [7, 11) is 0. The van der Waals surface area contributed by atoms with Gasteiger partial charge in [0.1, 0.15) is 11.3 Å². The molecule has 0 saturated carbocycles. The SMILES string of the molecule is Cc1nc2cc(F)cc(C(=O)NC[C@H](O)c3ccccc3)c2nc1C. The van der Waals surface area contributed by atoms with Gasteiger partial charge in [-0.3, -0.25) is 4.79 Å². The molecule has 3 aromatic rings. The van der Waals surface area contributed by atoms with Crippen LogP contribution < -0.4 is 5.32 Å². The molecule has 0 saturated heterocycles. The van der Waals surface area contributed by atoms with Crippen molar-refractivity contribution in [3.63, 3.8) is 0 Å². The molecule has 2 aromatic carbocycles. The number of nitrogens with one attached hydrogen (secondary N) is 1. The zero-order valence-electron chi connectivity index (χ0n) is 14.0. The van der Waals surface area contributed by atoms with Crippen molar-refractivity contribution in [1.29, 1.82) is 0 Å². The fourth-order valence-corrected chi connectivity index (χ4v) is 2.55. The van der Waals surface area contributed by atoms with Crippen LogP contribution in [0.1, 0.15) is 33.4 Å². The van der Waals surface area contributed by atoms with Crippen molar-refractivity contribution >= 4 is 16.9 Å². The van der Waals surface area contributed by atoms with Gasteiger partial charge in [0.15, 0.2) is 0 Å². The molecule has 0 radical (unpaired) electrons. The molecule has 5 nitrogen and oxygen atoms in total. The summed E-state index contributed by atoms with van der Waals surface area (Å²) >= 11 is 0. The number of aromatic nitrogens is 2. The number of hydrogen-bond acceptors (Lipinski definition) is 4. The summed E-state index contributed by atoms with van der Waals surface area (Å²) in [5.74, 6) is -1.06. The summed E-state index contributed by atoms with van der Waals surface area (Å²) in [6, 6.07) is 11.4. The average molecular weight is 339 g/mol. The predicted octanol–water partition coefficient (Wildman–Crippen LogP) is 2.85. The monoisotopic (exact) mass is 339 g/mol. The smallest absolute Gasteiger partial charge is 0.253 e. The lowest BCUT2D eigenvalue weighted by atomic mass is 10.1. The Labute approximate surface area is 144 Å². The highest BCUT2D eigenvalue weighted by molar-refractivity contribution is 6.04. The Hall–Kier alpha value is -2.86. The van der Waals surface area contributed by atoms with Gasteiger partial charge < -0.3 is 10.4 Å². The van der Waals surface area contributed by atoms with Crippen LogP contribution in [0.3, 0.4) is 0 Å². The predicted molar refractivity (Wildman–Crippen MR) is 92.7 cm³/mol. The highest BCUT2D eigenvalue weighted by Crippen LogP contribution is 2.19. The number of carbonyl (C=O) groups excluding carboxylic acids is 1. The first-order chi connectivity index (χ1) is 12.0. The van der Waals surface area contributed by atoms with E-state index in [0.717, 1.165) is 6.07 Å². The van der Waals surface area contributed by atoms with Crippen LogP contribution in [-0.2, 0) is 0 Å². The lowest BCUT2D eigenvalue weighted by molar-refractivity contribution is 0.0917. The molecule has 2 N–H and O–H groups in total. The van der Waals surface area contributed by atoms with Gasteiger partial charge >= 0.3 is 0 Å². The maximum atomic E-state index is 13.9. The molecule has 1 amide bonds. The van der Waals surface area contributed by atoms with Crippen LogP contribution in [0.15, 0.2) is 42.5 Å². The van der Waals surface area contributed by atoms with Crippen LogP contribution in [0.25, 0.3) is 11.0 Å². The minimum Gasteiger partial charge on any atom is -0.387 e. The Morgan fingerprint density at radius 1 is 1.16 bits per heavy atom. The number of amides is 1. The molecule has 0 unspecified atom stereocenters. The highest BCUT2D eigenvalue weighted by Gasteiger charge is 2.17. The molecule has 128 valence electrons. The number of halogens is 1. The Balaban J connectivity index is 1.86. The Bertz CT molecular complexity index is 929. The van der Waals surface area contributed by atoms with Crippen LogP contribution in [0.4, 0.5) is 4.39 Å². The number of aryl methyl sites for hydroxylation is 2. The standard InChI is InChI=1S/C19H18FN3O2/c1-11-12(2)23-18-15(8-14(20)9-16(18)22-11)19(25)21-10-17(24)13-6-4-3-5-7-13/h3-9,17,24H,10H2,1-2H3,(H,21,25)/t17-/m0/s1. The first-order valence-corrected chi connectivity index (χ1v) is 7.91. The molecule has 0 aliphatic carbocycles. The molecule has 3 rings (SSSR count). The van der Waals surface area contributed by atoms with Crippen molar-refractivity contribution in [2.75, 3.05) is 6.54 Å². The zero-order valence-corrected chi connectivity index (χ0v) is 14.0. The van der Waals surface area contributed by atoms with Gasteiger partial charge in [-0.1, -0.05) is 30.3 Å². The minimum atomic E-state index is -0.847. The van der Waals surface area contributed by atoms with Gasteiger partial charge in [0.2, 0.25) is 0 Å². The van der Waals surface area contributed by atoms with Gasteiger partial charge in [-0.25, -0.2) is 14.4 Å². The lowest BCUT2D eigenvalue weighted by Crippen LogP contribution is -2.28. The van der Waals surface area contributed by atoms with E-state index >= 15 is 0 Å². The number of benzene rings is 2. The maximum absolute atomic E-state index is 13.9. The van der Waals surface area contributed by atoms with Gasteiger partial charge in [0.25, 0.3) is 5.91 Å². The van der Waals surface area contributed by atoms with Crippen LogP contribution >= 0.6 is 0 Å². The number of nitrogens with zero attached hydrogens (tertiary/aromatic N) is 2. The van der Waals surface area contributed by atoms with Gasteiger partial charge in [-0.15, -0.1) is 0 Å². The van der Waals surface area contributed by atoms with E-state index in [1.165, 1.54) is 6.07 Å². The van der Waals surface area contributed by atoms with Gasteiger partial charge in [-0.05, 0) is 25.5 Å². The van der Waals surface area contributed by atoms with Crippen molar-refractivity contribution in [3.8, 4) is 0 Å². The zero-order chi connectivity index (χ0) is 18.0. The summed E-state index contributed by atoms with van der Waals surface area (Å²) in [4.78, 5) is 21.1. The fourth-order valence-electron chi connectivity index (χ4n) is 2.55. The van der Waals surface area contributed by atoms with E-state index in [-0.39, 0.29) is 12.1 Å². The molecule has 0 spiro atoms. The Morgan fingerprint density at radius 3 is 2.56 bits per heavy atom. The molecular formula is C19H18FN3O2. The van der Waals surface area contributed by atoms with Crippen molar-refractivity contribution in [2.24, 2.45) is 0 Å². The Kier molecular flexibility index (Phi) is 4.72. The molecular weight excluding hydrogens is 321 g/mol. The molecule has 1 aromatic heterocycles. The number of fused-ring (bicyclic) bond motifs is 1. The number of carbonyl (C=O) groups is 1. The maximum Gasteiger partial charge on any atom is 0.253 e. The number of rotatable bonds is 4. The first kappa shape index (κ1) is 17.0. The quantitative estimate of drug-likeness (QED) is 0.766. The van der Waals surface area contributed by atoms with Crippen LogP contribution in [-0.4, -0.2) is 27.5 Å². The molecule has 1 heterocycles. The molecule has 25 heavy (non-hydrogen) atoms. The van der Waals surface area contributed by atoms with Gasteiger partial charge in [-0.2, -0.15) is 0 Å². The largest absolute Gasteiger partial charge is 0.387 e. The van der Waals surface area contributed by atoms with E-state index < -0.39 is 17.8 Å². The highest BCUT2D eigenvalue weighted by atomic mass is 19.1. The van der Waals surface area contributed by atoms with Crippen molar-refractivity contribution in [3.05, 3.63) is 70.8 Å². The van der Waals surface area contributed by atoms with Crippen LogP contribution in [0, 0.1) is 19.7 Å². The van der Waals surface area contributed by atoms with Crippen molar-refractivity contribution in [2.45, 2.75) is 20.0 Å². The average Bonchev–Trinajstić information content (AvgIpc) is 2.61. The summed E-state index contributed by atoms with van der Waals surface area (Å²) in [5.41, 5.74) is 2.83. The second-order valence-corrected chi connectivity index (χ2v) is 5.85. The number of aliphatic hydroxyl groups is 1. The third kappa shape index (κ3) is 3.64. The van der Waals surface area contributed by atoms with E-state index in [4.69, 9.17) is 0 Å². The van der Waals surface area contributed by atoms with E-state index in [1.807, 2.05) is 6.07 Å². The van der Waals surface area contributed by atoms with Crippen molar-refractivity contribution in [1.82, 2.24) is 15.3 Å². The molecule has 0 bridgehead atoms. The number of aliphatic hydroxyl groups excluding tert-OH is 1. The molecule has 0 aliphatic rings. The fraction of sp³-hybridized carbons (Fsp3) is 0.211. The molecule has 6 heteroatoms. The lowest BCUT2D eigenvalue weighted by Gasteiger charge is -2.13. The van der Waals surface area contributed by atoms with Gasteiger partial charge in [0.05, 0.1) is 28.6 Å². The summed E-state index contributed by atoms with van der Waals surface area (Å²) < 4.78 is 13.9. The van der Waals surface area contributed by atoms with Gasteiger partial charge in [0, 0.05) is 12.6 Å². The van der Waals surface area contributed by atoms with E-state index in [1.54, 1.807) is 38.1 Å². The van der Waals surface area contributed by atoms with E-state index in [0.29, 0.717) is 28.0 Å². The third-order valence-electron chi connectivity index (χ3n) is 4.03. The Morgan fingerprint density at radius 2 is 1.84 bits per heavy atom. The van der Waals surface area contributed by atoms with E-state index in [9.17, 15) is 14.3 Å². The topological polar surface area (TPSA) is 75.1 Å². The summed E-state index contributed by atoms with van der Waals surface area (Å²) in [6.45, 7) is 3.58. The molecule has 1 atom stereocenters. The second kappa shape index (κ2) is 6.94. The first-order valence-electron chi connectivity index (χ1n) is 7.91. The van der Waals surface area contributed by atoms with E-state index in [2.05, 4.69) is 15.3 Å². The summed E-state index contributed by atoms with van der Waals surface area (Å²) in [5, 5.41) is 12.8. The minimum absolute atomic E-state index is 0.0130.